The first kappa shape index (κ1) is 14.2. The van der Waals surface area contributed by atoms with Gasteiger partial charge in [-0.25, -0.2) is 9.89 Å². The van der Waals surface area contributed by atoms with Crippen LogP contribution < -0.4 is 16.7 Å². The molecule has 1 aromatic carbocycles. The first-order chi connectivity index (χ1) is 9.52. The number of nitrogens with one attached hydrogen (secondary N) is 2. The summed E-state index contributed by atoms with van der Waals surface area (Å²) in [5.74, 6) is -0.164. The lowest BCUT2D eigenvalue weighted by Crippen LogP contribution is -2.22. The maximum atomic E-state index is 11.7. The van der Waals surface area contributed by atoms with Crippen molar-refractivity contribution in [1.82, 2.24) is 20.1 Å². The van der Waals surface area contributed by atoms with Crippen LogP contribution in [0, 0.1) is 0 Å². The highest BCUT2D eigenvalue weighted by Gasteiger charge is 2.11. The minimum Gasteiger partial charge on any atom is -0.398 e. The lowest BCUT2D eigenvalue weighted by Gasteiger charge is -2.07. The van der Waals surface area contributed by atoms with Crippen molar-refractivity contribution < 1.29 is 4.79 Å². The van der Waals surface area contributed by atoms with Crippen LogP contribution in [0.15, 0.2) is 33.0 Å². The number of hydrogen-bond donors (Lipinski definition) is 3. The number of nitrogens with two attached hydrogens (primary N) is 1. The fourth-order valence-electron chi connectivity index (χ4n) is 1.57. The van der Waals surface area contributed by atoms with Gasteiger partial charge in [0.25, 0.3) is 5.91 Å². The number of nitrogen functional groups attached to an aromatic ring is 1. The van der Waals surface area contributed by atoms with Crippen molar-refractivity contribution in [3.63, 3.8) is 0 Å². The predicted octanol–water partition coefficient (Wildman–Crippen LogP) is 0.591. The normalized spacial score (nSPS) is 10.5. The van der Waals surface area contributed by atoms with Gasteiger partial charge in [-0.1, -0.05) is 0 Å². The molecule has 0 aliphatic carbocycles. The number of aromatic amines is 1. The number of carbonyl (C=O) groups is 1. The zero-order valence-electron chi connectivity index (χ0n) is 11.1. The standard InChI is InChI=1S/C12H15N5O2S/c1-3-14-10(18)7-4-5-9(8(13)6-7)20-12-16-15-11(19)17(12)2/h4-6H,3,13H2,1-2H3,(H,14,18)(H,15,19). The molecule has 0 saturated heterocycles. The van der Waals surface area contributed by atoms with Crippen LogP contribution in [0.1, 0.15) is 17.3 Å². The molecule has 0 bridgehead atoms. The topological polar surface area (TPSA) is 106 Å². The fourth-order valence-corrected chi connectivity index (χ4v) is 2.39. The maximum Gasteiger partial charge on any atom is 0.343 e. The molecule has 0 aliphatic heterocycles. The van der Waals surface area contributed by atoms with Crippen molar-refractivity contribution in [2.45, 2.75) is 17.0 Å². The second kappa shape index (κ2) is 5.83. The Hall–Kier alpha value is -2.22. The van der Waals surface area contributed by atoms with Crippen LogP contribution in [0.25, 0.3) is 0 Å². The minimum absolute atomic E-state index is 0.164. The van der Waals surface area contributed by atoms with Crippen molar-refractivity contribution in [1.29, 1.82) is 0 Å². The monoisotopic (exact) mass is 293 g/mol. The number of anilines is 1. The Morgan fingerprint density at radius 2 is 2.30 bits per heavy atom. The van der Waals surface area contributed by atoms with E-state index < -0.39 is 0 Å². The molecule has 8 heteroatoms. The number of hydrogen-bond acceptors (Lipinski definition) is 5. The van der Waals surface area contributed by atoms with E-state index in [9.17, 15) is 9.59 Å². The van der Waals surface area contributed by atoms with Crippen molar-refractivity contribution in [3.8, 4) is 0 Å². The number of amides is 1. The molecule has 2 aromatic rings. The molecule has 4 N–H and O–H groups in total. The number of benzene rings is 1. The van der Waals surface area contributed by atoms with Crippen molar-refractivity contribution in [2.75, 3.05) is 12.3 Å². The molecule has 0 spiro atoms. The first-order valence-electron chi connectivity index (χ1n) is 6.00. The van der Waals surface area contributed by atoms with Gasteiger partial charge in [-0.2, -0.15) is 0 Å². The number of H-pyrrole nitrogens is 1. The second-order valence-corrected chi connectivity index (χ2v) is 5.09. The van der Waals surface area contributed by atoms with Gasteiger partial charge in [0.05, 0.1) is 0 Å². The summed E-state index contributed by atoms with van der Waals surface area (Å²) < 4.78 is 1.39. The van der Waals surface area contributed by atoms with Crippen molar-refractivity contribution in [3.05, 3.63) is 34.2 Å². The summed E-state index contributed by atoms with van der Waals surface area (Å²) in [5.41, 5.74) is 6.62. The van der Waals surface area contributed by atoms with Gasteiger partial charge >= 0.3 is 5.69 Å². The van der Waals surface area contributed by atoms with Crippen LogP contribution >= 0.6 is 11.8 Å². The number of nitrogens with zero attached hydrogens (tertiary/aromatic N) is 2. The minimum atomic E-state index is -0.287. The number of carbonyl (C=O) groups excluding carboxylic acids is 1. The molecular formula is C12H15N5O2S. The van der Waals surface area contributed by atoms with E-state index in [2.05, 4.69) is 15.5 Å². The summed E-state index contributed by atoms with van der Waals surface area (Å²) in [6.07, 6.45) is 0. The van der Waals surface area contributed by atoms with Crippen LogP contribution in [-0.2, 0) is 7.05 Å². The van der Waals surface area contributed by atoms with E-state index in [1.165, 1.54) is 16.3 Å². The molecule has 0 saturated carbocycles. The molecular weight excluding hydrogens is 278 g/mol. The largest absolute Gasteiger partial charge is 0.398 e. The lowest BCUT2D eigenvalue weighted by atomic mass is 10.2. The molecule has 1 heterocycles. The molecule has 20 heavy (non-hydrogen) atoms. The van der Waals surface area contributed by atoms with Crippen LogP contribution in [0.3, 0.4) is 0 Å². The van der Waals surface area contributed by atoms with E-state index in [1.807, 2.05) is 6.92 Å². The Morgan fingerprint density at radius 1 is 1.55 bits per heavy atom. The average Bonchev–Trinajstić information content (AvgIpc) is 2.73. The SMILES string of the molecule is CCNC(=O)c1ccc(Sc2n[nH]c(=O)n2C)c(N)c1. The Balaban J connectivity index is 2.24. The number of rotatable bonds is 4. The van der Waals surface area contributed by atoms with Gasteiger partial charge in [0.2, 0.25) is 0 Å². The van der Waals surface area contributed by atoms with Gasteiger partial charge in [0, 0.05) is 29.7 Å². The summed E-state index contributed by atoms with van der Waals surface area (Å²) in [5, 5.41) is 9.46. The van der Waals surface area contributed by atoms with E-state index in [0.29, 0.717) is 23.0 Å². The Kier molecular flexibility index (Phi) is 4.14. The molecule has 0 aliphatic rings. The lowest BCUT2D eigenvalue weighted by molar-refractivity contribution is 0.0956. The highest BCUT2D eigenvalue weighted by atomic mass is 32.2. The molecule has 1 aromatic heterocycles. The van der Waals surface area contributed by atoms with Gasteiger partial charge in [0.1, 0.15) is 0 Å². The Labute approximate surface area is 119 Å². The quantitative estimate of drug-likeness (QED) is 0.715. The zero-order chi connectivity index (χ0) is 14.7. The van der Waals surface area contributed by atoms with Gasteiger partial charge in [0.15, 0.2) is 5.16 Å². The van der Waals surface area contributed by atoms with E-state index >= 15 is 0 Å². The third-order valence-corrected chi connectivity index (χ3v) is 3.79. The molecule has 0 fully saturated rings. The summed E-state index contributed by atoms with van der Waals surface area (Å²) in [6.45, 7) is 2.41. The maximum absolute atomic E-state index is 11.7. The van der Waals surface area contributed by atoms with Crippen LogP contribution in [0.5, 0.6) is 0 Å². The van der Waals surface area contributed by atoms with E-state index in [-0.39, 0.29) is 11.6 Å². The Morgan fingerprint density at radius 3 is 2.85 bits per heavy atom. The van der Waals surface area contributed by atoms with Crippen LogP contribution in [0.2, 0.25) is 0 Å². The number of aromatic nitrogens is 3. The molecule has 0 atom stereocenters. The first-order valence-corrected chi connectivity index (χ1v) is 6.81. The smallest absolute Gasteiger partial charge is 0.343 e. The third kappa shape index (κ3) is 2.85. The molecule has 0 radical (unpaired) electrons. The highest BCUT2D eigenvalue weighted by Crippen LogP contribution is 2.30. The van der Waals surface area contributed by atoms with Gasteiger partial charge in [-0.05, 0) is 36.9 Å². The van der Waals surface area contributed by atoms with Gasteiger partial charge in [-0.15, -0.1) is 5.10 Å². The fraction of sp³-hybridized carbons (Fsp3) is 0.250. The van der Waals surface area contributed by atoms with E-state index in [4.69, 9.17) is 5.73 Å². The molecule has 2 rings (SSSR count). The summed E-state index contributed by atoms with van der Waals surface area (Å²) >= 11 is 1.26. The van der Waals surface area contributed by atoms with Crippen LogP contribution in [0.4, 0.5) is 5.69 Å². The zero-order valence-corrected chi connectivity index (χ0v) is 12.0. The van der Waals surface area contributed by atoms with Crippen molar-refractivity contribution >= 4 is 23.4 Å². The van der Waals surface area contributed by atoms with Gasteiger partial charge in [-0.3, -0.25) is 9.36 Å². The molecule has 0 unspecified atom stereocenters. The van der Waals surface area contributed by atoms with Crippen molar-refractivity contribution in [2.24, 2.45) is 7.05 Å². The molecule has 1 amide bonds. The van der Waals surface area contributed by atoms with Gasteiger partial charge < -0.3 is 11.1 Å². The van der Waals surface area contributed by atoms with Crippen LogP contribution in [-0.4, -0.2) is 27.2 Å². The Bertz CT molecular complexity index is 691. The predicted molar refractivity (Wildman–Crippen MR) is 76.8 cm³/mol. The summed E-state index contributed by atoms with van der Waals surface area (Å²) in [7, 11) is 1.62. The summed E-state index contributed by atoms with van der Waals surface area (Å²) in [6, 6.07) is 5.04. The molecule has 106 valence electrons. The molecule has 7 nitrogen and oxygen atoms in total. The second-order valence-electron chi connectivity index (χ2n) is 4.08. The van der Waals surface area contributed by atoms with E-state index in [1.54, 1.807) is 25.2 Å². The summed E-state index contributed by atoms with van der Waals surface area (Å²) in [4.78, 5) is 23.7. The average molecular weight is 293 g/mol. The third-order valence-electron chi connectivity index (χ3n) is 2.65. The van der Waals surface area contributed by atoms with E-state index in [0.717, 1.165) is 4.90 Å². The highest BCUT2D eigenvalue weighted by molar-refractivity contribution is 7.99.